The third kappa shape index (κ3) is 3.88. The first-order chi connectivity index (χ1) is 15.7. The van der Waals surface area contributed by atoms with Crippen LogP contribution in [-0.2, 0) is 21.4 Å². The number of H-pyrrole nitrogens is 1. The zero-order valence-electron chi connectivity index (χ0n) is 17.6. The van der Waals surface area contributed by atoms with Crippen molar-refractivity contribution in [1.82, 2.24) is 29.1 Å². The van der Waals surface area contributed by atoms with Crippen LogP contribution < -0.4 is 5.73 Å². The van der Waals surface area contributed by atoms with Crippen LogP contribution >= 0.6 is 11.6 Å². The maximum Gasteiger partial charge on any atom is 0.277 e. The number of nitrogens with one attached hydrogen (secondary N) is 1. The number of sulfonamides is 1. The SMILES string of the molecule is CC1CN(S(=O)(=O)c2nc3ccc(Cl)cc3[nH]2)CC(=O)N1Cc1ccc2c(N)ncnc2c1. The summed E-state index contributed by atoms with van der Waals surface area (Å²) in [4.78, 5) is 29.8. The number of carbonyl (C=O) groups excluding carboxylic acids is 1. The van der Waals surface area contributed by atoms with E-state index in [1.807, 2.05) is 25.1 Å². The van der Waals surface area contributed by atoms with E-state index in [1.165, 1.54) is 6.33 Å². The summed E-state index contributed by atoms with van der Waals surface area (Å²) in [6.07, 6.45) is 1.39. The molecule has 10 nitrogen and oxygen atoms in total. The number of nitrogens with zero attached hydrogens (tertiary/aromatic N) is 5. The van der Waals surface area contributed by atoms with Gasteiger partial charge in [0, 0.05) is 29.5 Å². The number of piperazine rings is 1. The van der Waals surface area contributed by atoms with Crippen LogP contribution in [0.3, 0.4) is 0 Å². The molecule has 0 radical (unpaired) electrons. The molecule has 1 fully saturated rings. The van der Waals surface area contributed by atoms with E-state index in [-0.39, 0.29) is 30.2 Å². The lowest BCUT2D eigenvalue weighted by molar-refractivity contribution is -0.137. The van der Waals surface area contributed by atoms with Gasteiger partial charge in [-0.3, -0.25) is 4.79 Å². The number of fused-ring (bicyclic) bond motifs is 2. The van der Waals surface area contributed by atoms with Gasteiger partial charge in [-0.05, 0) is 42.8 Å². The van der Waals surface area contributed by atoms with Gasteiger partial charge in [0.15, 0.2) is 0 Å². The number of nitrogens with two attached hydrogens (primary N) is 1. The minimum atomic E-state index is -3.99. The van der Waals surface area contributed by atoms with Crippen molar-refractivity contribution in [3.05, 3.63) is 53.3 Å². The Morgan fingerprint density at radius 1 is 1.18 bits per heavy atom. The van der Waals surface area contributed by atoms with Gasteiger partial charge in [0.1, 0.15) is 12.1 Å². The van der Waals surface area contributed by atoms with Crippen LogP contribution in [0.25, 0.3) is 21.9 Å². The molecule has 1 saturated heterocycles. The molecule has 12 heteroatoms. The molecule has 5 rings (SSSR count). The molecule has 3 heterocycles. The van der Waals surface area contributed by atoms with E-state index in [4.69, 9.17) is 17.3 Å². The van der Waals surface area contributed by atoms with Crippen molar-refractivity contribution in [2.24, 2.45) is 0 Å². The summed E-state index contributed by atoms with van der Waals surface area (Å²) in [6, 6.07) is 10.1. The summed E-state index contributed by atoms with van der Waals surface area (Å²) >= 11 is 5.98. The van der Waals surface area contributed by atoms with Gasteiger partial charge < -0.3 is 15.6 Å². The van der Waals surface area contributed by atoms with Crippen molar-refractivity contribution in [2.75, 3.05) is 18.8 Å². The fourth-order valence-electron chi connectivity index (χ4n) is 3.99. The molecule has 170 valence electrons. The van der Waals surface area contributed by atoms with Crippen molar-refractivity contribution >= 4 is 55.3 Å². The highest BCUT2D eigenvalue weighted by molar-refractivity contribution is 7.89. The van der Waals surface area contributed by atoms with Crippen molar-refractivity contribution in [2.45, 2.75) is 24.7 Å². The topological polar surface area (TPSA) is 138 Å². The molecule has 1 aliphatic heterocycles. The molecule has 1 unspecified atom stereocenters. The van der Waals surface area contributed by atoms with Gasteiger partial charge >= 0.3 is 0 Å². The van der Waals surface area contributed by atoms with E-state index in [0.29, 0.717) is 33.9 Å². The van der Waals surface area contributed by atoms with E-state index in [1.54, 1.807) is 23.1 Å². The van der Waals surface area contributed by atoms with E-state index in [2.05, 4.69) is 19.9 Å². The highest BCUT2D eigenvalue weighted by Gasteiger charge is 2.38. The molecule has 0 saturated carbocycles. The Hall–Kier alpha value is -3.28. The lowest BCUT2D eigenvalue weighted by atomic mass is 10.1. The van der Waals surface area contributed by atoms with Gasteiger partial charge in [-0.1, -0.05) is 17.7 Å². The van der Waals surface area contributed by atoms with Crippen LogP contribution in [0.5, 0.6) is 0 Å². The molecule has 33 heavy (non-hydrogen) atoms. The van der Waals surface area contributed by atoms with Crippen molar-refractivity contribution < 1.29 is 13.2 Å². The zero-order chi connectivity index (χ0) is 23.3. The number of anilines is 1. The van der Waals surface area contributed by atoms with E-state index in [9.17, 15) is 13.2 Å². The standard InChI is InChI=1S/C21H20ClN7O3S/c1-12-8-28(33(31,32)21-26-16-5-3-14(22)7-18(16)27-21)10-19(30)29(12)9-13-2-4-15-17(6-13)24-11-25-20(15)23/h2-7,11-12H,8-10H2,1H3,(H,26,27)(H2,23,24,25). The van der Waals surface area contributed by atoms with E-state index in [0.717, 1.165) is 15.3 Å². The summed E-state index contributed by atoms with van der Waals surface area (Å²) in [7, 11) is -3.99. The Kier molecular flexibility index (Phi) is 5.19. The molecule has 4 aromatic rings. The molecule has 2 aromatic heterocycles. The Morgan fingerprint density at radius 3 is 2.79 bits per heavy atom. The smallest absolute Gasteiger partial charge is 0.277 e. The Bertz CT molecular complexity index is 1500. The number of hydrogen-bond acceptors (Lipinski definition) is 7. The average Bonchev–Trinajstić information content (AvgIpc) is 3.20. The monoisotopic (exact) mass is 485 g/mol. The Labute approximate surface area is 194 Å². The zero-order valence-corrected chi connectivity index (χ0v) is 19.1. The highest BCUT2D eigenvalue weighted by Crippen LogP contribution is 2.25. The third-order valence-corrected chi connectivity index (χ3v) is 7.60. The second-order valence-electron chi connectivity index (χ2n) is 7.98. The predicted octanol–water partition coefficient (Wildman–Crippen LogP) is 2.16. The molecule has 0 spiro atoms. The Balaban J connectivity index is 1.37. The quantitative estimate of drug-likeness (QED) is 0.451. The number of carbonyl (C=O) groups is 1. The van der Waals surface area contributed by atoms with Crippen molar-refractivity contribution in [3.8, 4) is 0 Å². The van der Waals surface area contributed by atoms with Gasteiger partial charge in [0.2, 0.25) is 11.1 Å². The molecule has 1 aliphatic rings. The first kappa shape index (κ1) is 21.6. The number of amides is 1. The molecule has 2 aromatic carbocycles. The van der Waals surface area contributed by atoms with Crippen LogP contribution in [0.15, 0.2) is 47.9 Å². The van der Waals surface area contributed by atoms with Gasteiger partial charge in [-0.2, -0.15) is 4.31 Å². The maximum absolute atomic E-state index is 13.2. The van der Waals surface area contributed by atoms with Crippen molar-refractivity contribution in [1.29, 1.82) is 0 Å². The summed E-state index contributed by atoms with van der Waals surface area (Å²) in [5, 5.41) is 0.999. The summed E-state index contributed by atoms with van der Waals surface area (Å²) < 4.78 is 27.5. The van der Waals surface area contributed by atoms with Gasteiger partial charge in [-0.25, -0.2) is 23.4 Å². The predicted molar refractivity (Wildman–Crippen MR) is 124 cm³/mol. The first-order valence-corrected chi connectivity index (χ1v) is 12.0. The van der Waals surface area contributed by atoms with Crippen LogP contribution in [0.4, 0.5) is 5.82 Å². The second-order valence-corrected chi connectivity index (χ2v) is 10.3. The number of rotatable bonds is 4. The van der Waals surface area contributed by atoms with Crippen LogP contribution in [0, 0.1) is 0 Å². The lowest BCUT2D eigenvalue weighted by Crippen LogP contribution is -2.56. The Morgan fingerprint density at radius 2 is 2.00 bits per heavy atom. The van der Waals surface area contributed by atoms with Crippen LogP contribution in [-0.4, -0.2) is 62.6 Å². The molecule has 1 atom stereocenters. The third-order valence-electron chi connectivity index (χ3n) is 5.72. The number of aromatic amines is 1. The molecule has 0 bridgehead atoms. The molecule has 0 aliphatic carbocycles. The normalized spacial score (nSPS) is 17.8. The summed E-state index contributed by atoms with van der Waals surface area (Å²) in [5.41, 5.74) is 8.43. The fraction of sp³-hybridized carbons (Fsp3) is 0.238. The van der Waals surface area contributed by atoms with Gasteiger partial charge in [0.05, 0.1) is 23.1 Å². The highest BCUT2D eigenvalue weighted by atomic mass is 35.5. The van der Waals surface area contributed by atoms with Crippen molar-refractivity contribution in [3.63, 3.8) is 0 Å². The number of imidazole rings is 1. The number of hydrogen-bond donors (Lipinski definition) is 2. The number of halogens is 1. The first-order valence-electron chi connectivity index (χ1n) is 10.2. The lowest BCUT2D eigenvalue weighted by Gasteiger charge is -2.38. The number of nitrogen functional groups attached to an aromatic ring is 1. The summed E-state index contributed by atoms with van der Waals surface area (Å²) in [6.45, 7) is 2.03. The van der Waals surface area contributed by atoms with Gasteiger partial charge in [0.25, 0.3) is 10.0 Å². The average molecular weight is 486 g/mol. The summed E-state index contributed by atoms with van der Waals surface area (Å²) in [5.74, 6) is 0.0986. The molecular weight excluding hydrogens is 466 g/mol. The fourth-order valence-corrected chi connectivity index (χ4v) is 5.56. The molecular formula is C21H20ClN7O3S. The minimum Gasteiger partial charge on any atom is -0.383 e. The van der Waals surface area contributed by atoms with E-state index < -0.39 is 10.0 Å². The molecule has 3 N–H and O–H groups in total. The van der Waals surface area contributed by atoms with Crippen LogP contribution in [0.1, 0.15) is 12.5 Å². The number of benzene rings is 2. The van der Waals surface area contributed by atoms with Gasteiger partial charge in [-0.15, -0.1) is 0 Å². The second kappa shape index (κ2) is 7.94. The van der Waals surface area contributed by atoms with E-state index >= 15 is 0 Å². The maximum atomic E-state index is 13.2. The van der Waals surface area contributed by atoms with Crippen LogP contribution in [0.2, 0.25) is 5.02 Å². The number of aromatic nitrogens is 4. The minimum absolute atomic E-state index is 0.147. The molecule has 1 amide bonds. The largest absolute Gasteiger partial charge is 0.383 e.